The molecule has 5 aromatic rings. The summed E-state index contributed by atoms with van der Waals surface area (Å²) in [4.78, 5) is 22.7. The number of nitrogens with zero attached hydrogens (tertiary/aromatic N) is 4. The second-order valence-corrected chi connectivity index (χ2v) is 10.8. The number of aromatic nitrogens is 4. The van der Waals surface area contributed by atoms with Crippen molar-refractivity contribution in [3.05, 3.63) is 89.4 Å². The molecule has 0 radical (unpaired) electrons. The monoisotopic (exact) mass is 470 g/mol. The van der Waals surface area contributed by atoms with Crippen LogP contribution in [0.25, 0.3) is 32.9 Å². The number of pyridine rings is 2. The minimum atomic E-state index is -3.30. The predicted molar refractivity (Wildman–Crippen MR) is 132 cm³/mol. The maximum Gasteiger partial charge on any atom is 0.329 e. The van der Waals surface area contributed by atoms with Gasteiger partial charge in [0.25, 0.3) is 0 Å². The molecule has 0 bridgehead atoms. The van der Waals surface area contributed by atoms with E-state index in [2.05, 4.69) is 4.98 Å². The van der Waals surface area contributed by atoms with Crippen LogP contribution in [0.4, 0.5) is 0 Å². The molecule has 0 N–H and O–H groups in total. The Hall–Kier alpha value is -3.78. The Morgan fingerprint density at radius 1 is 0.971 bits per heavy atom. The summed E-state index contributed by atoms with van der Waals surface area (Å²) in [5.74, 6) is 0. The molecular formula is C26H22N4O3S. The van der Waals surface area contributed by atoms with Crippen molar-refractivity contribution >= 4 is 31.6 Å². The van der Waals surface area contributed by atoms with Crippen LogP contribution in [0.1, 0.15) is 24.6 Å². The molecule has 6 rings (SSSR count). The molecule has 1 fully saturated rings. The lowest BCUT2D eigenvalue weighted by molar-refractivity contribution is 0.602. The van der Waals surface area contributed by atoms with Gasteiger partial charge in [0.1, 0.15) is 0 Å². The summed E-state index contributed by atoms with van der Waals surface area (Å²) in [5.41, 5.74) is 4.10. The minimum absolute atomic E-state index is 0.0566. The summed E-state index contributed by atoms with van der Waals surface area (Å²) in [6.07, 6.45) is 8.48. The van der Waals surface area contributed by atoms with Gasteiger partial charge in [-0.2, -0.15) is 0 Å². The van der Waals surface area contributed by atoms with E-state index in [4.69, 9.17) is 4.98 Å². The highest BCUT2D eigenvalue weighted by Gasteiger charge is 2.29. The molecule has 0 aliphatic heterocycles. The van der Waals surface area contributed by atoms with Crippen LogP contribution in [0, 0.1) is 0 Å². The van der Waals surface area contributed by atoms with Crippen LogP contribution in [-0.4, -0.2) is 33.8 Å². The van der Waals surface area contributed by atoms with E-state index < -0.39 is 9.84 Å². The molecule has 7 nitrogen and oxygen atoms in total. The number of fused-ring (bicyclic) bond motifs is 2. The molecule has 3 aromatic heterocycles. The van der Waals surface area contributed by atoms with E-state index in [9.17, 15) is 13.2 Å². The molecule has 0 spiro atoms. The normalized spacial score (nSPS) is 14.1. The Morgan fingerprint density at radius 3 is 2.47 bits per heavy atom. The second kappa shape index (κ2) is 7.63. The van der Waals surface area contributed by atoms with Crippen molar-refractivity contribution in [2.24, 2.45) is 0 Å². The Morgan fingerprint density at radius 2 is 1.74 bits per heavy atom. The van der Waals surface area contributed by atoms with E-state index in [-0.39, 0.29) is 23.2 Å². The SMILES string of the molecule is CS(=O)(=O)c1ccc(-c2c(Cn3c(=O)n(C4CC4)c4ccncc43)ncc3ccccc23)cc1. The lowest BCUT2D eigenvalue weighted by atomic mass is 9.97. The van der Waals surface area contributed by atoms with Crippen molar-refractivity contribution in [3.8, 4) is 11.1 Å². The summed E-state index contributed by atoms with van der Waals surface area (Å²) in [6.45, 7) is 0.286. The molecule has 1 aliphatic rings. The van der Waals surface area contributed by atoms with Gasteiger partial charge in [-0.25, -0.2) is 13.2 Å². The van der Waals surface area contributed by atoms with E-state index in [1.807, 2.05) is 41.1 Å². The lowest BCUT2D eigenvalue weighted by Crippen LogP contribution is -2.24. The average molecular weight is 471 g/mol. The van der Waals surface area contributed by atoms with Crippen LogP contribution in [0.2, 0.25) is 0 Å². The highest BCUT2D eigenvalue weighted by atomic mass is 32.2. The smallest absolute Gasteiger partial charge is 0.289 e. The molecule has 0 saturated heterocycles. The van der Waals surface area contributed by atoms with E-state index >= 15 is 0 Å². The lowest BCUT2D eigenvalue weighted by Gasteiger charge is -2.14. The zero-order valence-electron chi connectivity index (χ0n) is 18.5. The van der Waals surface area contributed by atoms with E-state index in [1.165, 1.54) is 6.26 Å². The average Bonchev–Trinajstić information content (AvgIpc) is 3.63. The number of hydrogen-bond donors (Lipinski definition) is 0. The Labute approximate surface area is 196 Å². The van der Waals surface area contributed by atoms with E-state index in [1.54, 1.807) is 41.2 Å². The van der Waals surface area contributed by atoms with Gasteiger partial charge >= 0.3 is 5.69 Å². The molecule has 1 saturated carbocycles. The number of rotatable bonds is 5. The molecule has 8 heteroatoms. The van der Waals surface area contributed by atoms with Gasteiger partial charge in [0.2, 0.25) is 0 Å². The van der Waals surface area contributed by atoms with Crippen LogP contribution in [-0.2, 0) is 16.4 Å². The first-order valence-electron chi connectivity index (χ1n) is 11.1. The van der Waals surface area contributed by atoms with Gasteiger partial charge in [-0.15, -0.1) is 0 Å². The van der Waals surface area contributed by atoms with Crippen molar-refractivity contribution in [1.82, 2.24) is 19.1 Å². The van der Waals surface area contributed by atoms with Crippen molar-refractivity contribution in [3.63, 3.8) is 0 Å². The number of benzene rings is 2. The zero-order chi connectivity index (χ0) is 23.4. The van der Waals surface area contributed by atoms with Gasteiger partial charge in [-0.3, -0.25) is 19.1 Å². The maximum absolute atomic E-state index is 13.4. The summed E-state index contributed by atoms with van der Waals surface area (Å²) in [7, 11) is -3.30. The van der Waals surface area contributed by atoms with Crippen LogP contribution >= 0.6 is 0 Å². The molecule has 1 aliphatic carbocycles. The Kier molecular flexibility index (Phi) is 4.67. The largest absolute Gasteiger partial charge is 0.329 e. The minimum Gasteiger partial charge on any atom is -0.289 e. The fourth-order valence-electron chi connectivity index (χ4n) is 4.63. The number of sulfone groups is 1. The van der Waals surface area contributed by atoms with Gasteiger partial charge in [-0.05, 0) is 42.0 Å². The summed E-state index contributed by atoms with van der Waals surface area (Å²) in [5, 5.41) is 1.97. The third-order valence-electron chi connectivity index (χ3n) is 6.43. The van der Waals surface area contributed by atoms with Crippen LogP contribution in [0.3, 0.4) is 0 Å². The Balaban J connectivity index is 1.56. The van der Waals surface area contributed by atoms with Gasteiger partial charge < -0.3 is 0 Å². The first-order chi connectivity index (χ1) is 16.4. The molecule has 3 heterocycles. The van der Waals surface area contributed by atoms with E-state index in [0.29, 0.717) is 0 Å². The van der Waals surface area contributed by atoms with Crippen molar-refractivity contribution in [1.29, 1.82) is 0 Å². The van der Waals surface area contributed by atoms with Crippen LogP contribution < -0.4 is 5.69 Å². The van der Waals surface area contributed by atoms with Crippen molar-refractivity contribution in [2.75, 3.05) is 6.26 Å². The standard InChI is InChI=1S/C26H22N4O3S/c1-34(32,33)20-10-6-17(7-11-20)25-21-5-3-2-4-18(21)14-28-22(25)16-29-24-15-27-13-12-23(24)30(26(29)31)19-8-9-19/h2-7,10-15,19H,8-9,16H2,1H3. The first kappa shape index (κ1) is 20.8. The second-order valence-electron chi connectivity index (χ2n) is 8.80. The summed E-state index contributed by atoms with van der Waals surface area (Å²) < 4.78 is 27.5. The molecular weight excluding hydrogens is 448 g/mol. The van der Waals surface area contributed by atoms with Gasteiger partial charge in [0, 0.05) is 35.6 Å². The number of hydrogen-bond acceptors (Lipinski definition) is 5. The molecule has 0 amide bonds. The molecule has 34 heavy (non-hydrogen) atoms. The topological polar surface area (TPSA) is 86.9 Å². The van der Waals surface area contributed by atoms with E-state index in [0.717, 1.165) is 51.5 Å². The maximum atomic E-state index is 13.4. The molecule has 0 atom stereocenters. The molecule has 0 unspecified atom stereocenters. The predicted octanol–water partition coefficient (Wildman–Crippen LogP) is 4.20. The van der Waals surface area contributed by atoms with Crippen molar-refractivity contribution in [2.45, 2.75) is 30.3 Å². The fraction of sp³-hybridized carbons (Fsp3) is 0.192. The Bertz CT molecular complexity index is 1730. The quantitative estimate of drug-likeness (QED) is 0.384. The highest BCUT2D eigenvalue weighted by Crippen LogP contribution is 2.37. The van der Waals surface area contributed by atoms with Gasteiger partial charge in [-0.1, -0.05) is 36.4 Å². The number of imidazole rings is 1. The fourth-order valence-corrected chi connectivity index (χ4v) is 5.26. The highest BCUT2D eigenvalue weighted by molar-refractivity contribution is 7.90. The third-order valence-corrected chi connectivity index (χ3v) is 7.56. The first-order valence-corrected chi connectivity index (χ1v) is 13.0. The summed E-state index contributed by atoms with van der Waals surface area (Å²) >= 11 is 0. The van der Waals surface area contributed by atoms with Crippen LogP contribution in [0.15, 0.2) is 82.9 Å². The van der Waals surface area contributed by atoms with Gasteiger partial charge in [0.05, 0.1) is 34.4 Å². The molecule has 2 aromatic carbocycles. The van der Waals surface area contributed by atoms with Gasteiger partial charge in [0.15, 0.2) is 9.84 Å². The van der Waals surface area contributed by atoms with Crippen LogP contribution in [0.5, 0.6) is 0 Å². The zero-order valence-corrected chi connectivity index (χ0v) is 19.4. The summed E-state index contributed by atoms with van der Waals surface area (Å²) in [6, 6.07) is 16.9. The van der Waals surface area contributed by atoms with Crippen molar-refractivity contribution < 1.29 is 8.42 Å². The third kappa shape index (κ3) is 3.42. The molecule has 170 valence electrons.